The van der Waals surface area contributed by atoms with Crippen LogP contribution in [0.1, 0.15) is 15.9 Å². The molecule has 0 saturated carbocycles. The van der Waals surface area contributed by atoms with Gasteiger partial charge < -0.3 is 14.1 Å². The second kappa shape index (κ2) is 4.77. The molecule has 0 N–H and O–H groups in total. The van der Waals surface area contributed by atoms with Gasteiger partial charge in [0.1, 0.15) is 20.2 Å². The summed E-state index contributed by atoms with van der Waals surface area (Å²) in [7, 11) is 0.239. The summed E-state index contributed by atoms with van der Waals surface area (Å²) in [6, 6.07) is 9.87. The van der Waals surface area contributed by atoms with E-state index in [9.17, 15) is 4.79 Å². The Morgan fingerprint density at radius 3 is 2.43 bits per heavy atom. The van der Waals surface area contributed by atoms with Crippen LogP contribution in [0.25, 0.3) is 0 Å². The third-order valence-electron chi connectivity index (χ3n) is 3.67. The molecule has 110 valence electrons. The average Bonchev–Trinajstić information content (AvgIpc) is 3.00. The Kier molecular flexibility index (Phi) is 3.17. The highest BCUT2D eigenvalue weighted by molar-refractivity contribution is 6.88. The largest absolute Gasteiger partial charge is 0.457 e. The Morgan fingerprint density at radius 1 is 1.14 bits per heavy atom. The zero-order chi connectivity index (χ0) is 15.2. The van der Waals surface area contributed by atoms with Gasteiger partial charge in [0.25, 0.3) is 0 Å². The third-order valence-corrected chi connectivity index (χ3v) is 5.44. The van der Waals surface area contributed by atoms with Crippen molar-refractivity contribution in [2.45, 2.75) is 26.2 Å². The van der Waals surface area contributed by atoms with Gasteiger partial charge in [-0.2, -0.15) is 0 Å². The SMILES string of the molecule is CN(c1ccccc1)c1oc([Si](C)(C)C)c2c1C(=O)OC2. The van der Waals surface area contributed by atoms with Crippen LogP contribution in [0.2, 0.25) is 19.6 Å². The number of para-hydroxylation sites is 1. The van der Waals surface area contributed by atoms with Gasteiger partial charge in [-0.15, -0.1) is 0 Å². The zero-order valence-electron chi connectivity index (χ0n) is 12.8. The van der Waals surface area contributed by atoms with E-state index in [2.05, 4.69) is 19.6 Å². The molecule has 2 heterocycles. The highest BCUT2D eigenvalue weighted by Crippen LogP contribution is 2.35. The zero-order valence-corrected chi connectivity index (χ0v) is 13.8. The van der Waals surface area contributed by atoms with Gasteiger partial charge in [0.05, 0.1) is 5.38 Å². The molecule has 0 atom stereocenters. The first kappa shape index (κ1) is 13.9. The first-order valence-electron chi connectivity index (χ1n) is 7.01. The molecule has 0 aliphatic carbocycles. The lowest BCUT2D eigenvalue weighted by molar-refractivity contribution is 0.0532. The number of carbonyl (C=O) groups excluding carboxylic acids is 1. The number of nitrogens with zero attached hydrogens (tertiary/aromatic N) is 1. The Labute approximate surface area is 125 Å². The van der Waals surface area contributed by atoms with Crippen molar-refractivity contribution in [1.29, 1.82) is 0 Å². The van der Waals surface area contributed by atoms with Gasteiger partial charge in [0, 0.05) is 18.3 Å². The standard InChI is InChI=1S/C16H19NO3Si/c1-17(11-8-6-5-7-9-11)14-13-12(10-19-15(13)18)16(20-14)21(2,3)4/h5-9H,10H2,1-4H3. The number of anilines is 2. The number of hydrogen-bond acceptors (Lipinski definition) is 4. The third kappa shape index (κ3) is 2.27. The number of furan rings is 1. The van der Waals surface area contributed by atoms with Crippen molar-refractivity contribution in [3.05, 3.63) is 41.5 Å². The fourth-order valence-corrected chi connectivity index (χ4v) is 4.13. The van der Waals surface area contributed by atoms with Crippen LogP contribution in [0.5, 0.6) is 0 Å². The maximum atomic E-state index is 12.1. The van der Waals surface area contributed by atoms with Crippen molar-refractivity contribution in [3.63, 3.8) is 0 Å². The minimum atomic E-state index is -1.67. The lowest BCUT2D eigenvalue weighted by Gasteiger charge is -2.18. The Hall–Kier alpha value is -2.01. The summed E-state index contributed by atoms with van der Waals surface area (Å²) in [6.07, 6.45) is 0. The summed E-state index contributed by atoms with van der Waals surface area (Å²) >= 11 is 0. The highest BCUT2D eigenvalue weighted by Gasteiger charge is 2.38. The molecular formula is C16H19NO3Si. The molecule has 0 amide bonds. The molecule has 1 aromatic heterocycles. The molecule has 0 saturated heterocycles. The van der Waals surface area contributed by atoms with Crippen molar-refractivity contribution in [2.75, 3.05) is 11.9 Å². The second-order valence-corrected chi connectivity index (χ2v) is 11.3. The van der Waals surface area contributed by atoms with Crippen LogP contribution in [0.15, 0.2) is 34.7 Å². The van der Waals surface area contributed by atoms with E-state index >= 15 is 0 Å². The molecule has 5 heteroatoms. The molecule has 4 nitrogen and oxygen atoms in total. The first-order chi connectivity index (χ1) is 9.89. The molecule has 0 spiro atoms. The first-order valence-corrected chi connectivity index (χ1v) is 10.5. The summed E-state index contributed by atoms with van der Waals surface area (Å²) in [5.41, 5.74) is 2.52. The predicted molar refractivity (Wildman–Crippen MR) is 85.3 cm³/mol. The van der Waals surface area contributed by atoms with Crippen LogP contribution in [-0.4, -0.2) is 21.1 Å². The molecule has 3 rings (SSSR count). The maximum absolute atomic E-state index is 12.1. The number of benzene rings is 1. The minimum Gasteiger partial charge on any atom is -0.457 e. The van der Waals surface area contributed by atoms with E-state index in [1.807, 2.05) is 42.3 Å². The number of ether oxygens (including phenoxy) is 1. The van der Waals surface area contributed by atoms with Crippen LogP contribution in [0.4, 0.5) is 11.6 Å². The van der Waals surface area contributed by atoms with Gasteiger partial charge in [0.15, 0.2) is 0 Å². The van der Waals surface area contributed by atoms with E-state index in [0.717, 1.165) is 16.6 Å². The van der Waals surface area contributed by atoms with Crippen LogP contribution >= 0.6 is 0 Å². The molecule has 21 heavy (non-hydrogen) atoms. The number of rotatable bonds is 3. The van der Waals surface area contributed by atoms with E-state index in [4.69, 9.17) is 9.15 Å². The number of fused-ring (bicyclic) bond motifs is 1. The van der Waals surface area contributed by atoms with Crippen molar-refractivity contribution < 1.29 is 13.9 Å². The second-order valence-electron chi connectivity index (χ2n) is 6.31. The quantitative estimate of drug-likeness (QED) is 0.644. The molecule has 0 radical (unpaired) electrons. The van der Waals surface area contributed by atoms with Gasteiger partial charge >= 0.3 is 5.97 Å². The fraction of sp³-hybridized carbons (Fsp3) is 0.312. The topological polar surface area (TPSA) is 42.7 Å². The Bertz CT molecular complexity index is 686. The lowest BCUT2D eigenvalue weighted by Crippen LogP contribution is -2.38. The summed E-state index contributed by atoms with van der Waals surface area (Å²) in [4.78, 5) is 14.0. The predicted octanol–water partition coefficient (Wildman–Crippen LogP) is 3.26. The van der Waals surface area contributed by atoms with Crippen LogP contribution in [0.3, 0.4) is 0 Å². The smallest absolute Gasteiger partial charge is 0.344 e. The van der Waals surface area contributed by atoms with Crippen molar-refractivity contribution in [1.82, 2.24) is 0 Å². The maximum Gasteiger partial charge on any atom is 0.344 e. The fourth-order valence-electron chi connectivity index (χ4n) is 2.62. The normalized spacial score (nSPS) is 14.0. The van der Waals surface area contributed by atoms with Gasteiger partial charge in [0.2, 0.25) is 5.88 Å². The van der Waals surface area contributed by atoms with E-state index in [1.165, 1.54) is 0 Å². The monoisotopic (exact) mass is 301 g/mol. The molecule has 1 aromatic carbocycles. The van der Waals surface area contributed by atoms with Crippen molar-refractivity contribution in [2.24, 2.45) is 0 Å². The van der Waals surface area contributed by atoms with E-state index < -0.39 is 8.07 Å². The molecule has 2 aromatic rings. The molecule has 0 fully saturated rings. The van der Waals surface area contributed by atoms with Crippen molar-refractivity contribution in [3.8, 4) is 0 Å². The molecule has 1 aliphatic heterocycles. The van der Waals surface area contributed by atoms with Crippen LogP contribution in [0, 0.1) is 0 Å². The van der Waals surface area contributed by atoms with E-state index in [-0.39, 0.29) is 5.97 Å². The minimum absolute atomic E-state index is 0.281. The summed E-state index contributed by atoms with van der Waals surface area (Å²) in [5.74, 6) is 0.312. The van der Waals surface area contributed by atoms with Crippen molar-refractivity contribution >= 4 is 31.0 Å². The molecular weight excluding hydrogens is 282 g/mol. The van der Waals surface area contributed by atoms with Crippen LogP contribution < -0.4 is 10.3 Å². The number of carbonyl (C=O) groups is 1. The van der Waals surface area contributed by atoms with E-state index in [1.54, 1.807) is 0 Å². The number of esters is 1. The van der Waals surface area contributed by atoms with Gasteiger partial charge in [-0.1, -0.05) is 37.8 Å². The highest BCUT2D eigenvalue weighted by atomic mass is 28.3. The Morgan fingerprint density at radius 2 is 1.81 bits per heavy atom. The van der Waals surface area contributed by atoms with E-state index in [0.29, 0.717) is 18.1 Å². The van der Waals surface area contributed by atoms with Gasteiger partial charge in [-0.25, -0.2) is 4.79 Å². The summed E-state index contributed by atoms with van der Waals surface area (Å²) in [6.45, 7) is 6.96. The summed E-state index contributed by atoms with van der Waals surface area (Å²) < 4.78 is 11.3. The van der Waals surface area contributed by atoms with Gasteiger partial charge in [-0.05, 0) is 12.1 Å². The average molecular weight is 301 g/mol. The van der Waals surface area contributed by atoms with Gasteiger partial charge in [-0.3, -0.25) is 0 Å². The number of hydrogen-bond donors (Lipinski definition) is 0. The molecule has 1 aliphatic rings. The lowest BCUT2D eigenvalue weighted by atomic mass is 10.2. The molecule has 0 unspecified atom stereocenters. The molecule has 0 bridgehead atoms. The summed E-state index contributed by atoms with van der Waals surface area (Å²) in [5, 5.41) is 0.959. The Balaban J connectivity index is 2.14. The van der Waals surface area contributed by atoms with Crippen LogP contribution in [-0.2, 0) is 11.3 Å². The number of cyclic esters (lactones) is 1.